The second kappa shape index (κ2) is 20.8. The van der Waals surface area contributed by atoms with Crippen molar-refractivity contribution in [1.82, 2.24) is 5.32 Å². The number of amides is 1. The van der Waals surface area contributed by atoms with Crippen LogP contribution in [-0.2, 0) is 0 Å². The normalized spacial score (nSPS) is 9.73. The van der Waals surface area contributed by atoms with Crippen LogP contribution in [0.2, 0.25) is 0 Å². The van der Waals surface area contributed by atoms with Crippen LogP contribution >= 0.6 is 11.6 Å². The van der Waals surface area contributed by atoms with Gasteiger partial charge in [-0.25, -0.2) is 0 Å². The van der Waals surface area contributed by atoms with Crippen LogP contribution < -0.4 is 11.1 Å². The van der Waals surface area contributed by atoms with Crippen LogP contribution in [0.25, 0.3) is 0 Å². The van der Waals surface area contributed by atoms with E-state index in [1.54, 1.807) is 0 Å². The van der Waals surface area contributed by atoms with Crippen molar-refractivity contribution in [3.8, 4) is 0 Å². The van der Waals surface area contributed by atoms with E-state index in [1.807, 2.05) is 0 Å². The van der Waals surface area contributed by atoms with Gasteiger partial charge < -0.3 is 11.1 Å². The SMILES string of the molecule is CCCCCCN.CCCCCCNC(=O)c1ccc([N+](=O)[O-])cc1.O=C(Cl)c1ccc([N+](=O)[O-])cc1. The standard InChI is InChI=1S/C13H18N2O3.C7H4ClNO3.C6H15N/c1-2-3-4-5-10-14-13(16)11-6-8-12(9-7-11)15(17)18;8-7(10)5-1-3-6(4-2-5)9(11)12;1-2-3-4-5-6-7/h6-9H,2-5,10H2,1H3,(H,14,16);1-4H;2-7H2,1H3. The topological polar surface area (TPSA) is 158 Å². The van der Waals surface area contributed by atoms with Gasteiger partial charge >= 0.3 is 0 Å². The molecular formula is C26H37ClN4O6. The molecular weight excluding hydrogens is 500 g/mol. The highest BCUT2D eigenvalue weighted by atomic mass is 35.5. The van der Waals surface area contributed by atoms with Gasteiger partial charge in [0.1, 0.15) is 0 Å². The first-order valence-electron chi connectivity index (χ1n) is 12.3. The Morgan fingerprint density at radius 1 is 0.757 bits per heavy atom. The van der Waals surface area contributed by atoms with Crippen LogP contribution in [0.4, 0.5) is 11.4 Å². The summed E-state index contributed by atoms with van der Waals surface area (Å²) in [4.78, 5) is 41.8. The molecule has 0 heterocycles. The zero-order chi connectivity index (χ0) is 28.1. The minimum Gasteiger partial charge on any atom is -0.352 e. The molecule has 0 aliphatic rings. The minimum atomic E-state index is -0.620. The highest BCUT2D eigenvalue weighted by Gasteiger charge is 2.09. The van der Waals surface area contributed by atoms with E-state index in [9.17, 15) is 29.8 Å². The maximum absolute atomic E-state index is 11.7. The number of unbranched alkanes of at least 4 members (excludes halogenated alkanes) is 6. The lowest BCUT2D eigenvalue weighted by molar-refractivity contribution is -0.385. The molecule has 0 saturated heterocycles. The van der Waals surface area contributed by atoms with Crippen molar-refractivity contribution in [2.75, 3.05) is 13.1 Å². The summed E-state index contributed by atoms with van der Waals surface area (Å²) in [5.41, 5.74) is 5.91. The van der Waals surface area contributed by atoms with Gasteiger partial charge in [-0.15, -0.1) is 0 Å². The number of nitro benzene ring substituents is 2. The number of non-ortho nitro benzene ring substituents is 2. The Morgan fingerprint density at radius 3 is 1.57 bits per heavy atom. The van der Waals surface area contributed by atoms with Crippen LogP contribution in [0.15, 0.2) is 48.5 Å². The van der Waals surface area contributed by atoms with E-state index in [0.717, 1.165) is 25.8 Å². The van der Waals surface area contributed by atoms with Crippen molar-refractivity contribution in [3.63, 3.8) is 0 Å². The number of nitro groups is 2. The van der Waals surface area contributed by atoms with E-state index in [-0.39, 0.29) is 22.8 Å². The number of nitrogens with one attached hydrogen (secondary N) is 1. The zero-order valence-electron chi connectivity index (χ0n) is 21.5. The molecule has 0 bridgehead atoms. The van der Waals surface area contributed by atoms with Crippen LogP contribution in [0, 0.1) is 20.2 Å². The van der Waals surface area contributed by atoms with Gasteiger partial charge in [0.15, 0.2) is 0 Å². The van der Waals surface area contributed by atoms with Crippen LogP contribution in [0.3, 0.4) is 0 Å². The van der Waals surface area contributed by atoms with E-state index in [0.29, 0.717) is 12.1 Å². The summed E-state index contributed by atoms with van der Waals surface area (Å²) in [6.07, 6.45) is 9.57. The first kappa shape index (κ1) is 33.6. The number of nitrogens with zero attached hydrogens (tertiary/aromatic N) is 2. The summed E-state index contributed by atoms with van der Waals surface area (Å²) in [6.45, 7) is 5.85. The quantitative estimate of drug-likeness (QED) is 0.129. The first-order chi connectivity index (χ1) is 17.7. The molecule has 1 amide bonds. The van der Waals surface area contributed by atoms with E-state index >= 15 is 0 Å². The molecule has 0 unspecified atom stereocenters. The molecule has 2 aromatic rings. The van der Waals surface area contributed by atoms with E-state index < -0.39 is 15.1 Å². The van der Waals surface area contributed by atoms with Crippen molar-refractivity contribution in [1.29, 1.82) is 0 Å². The molecule has 2 aromatic carbocycles. The lowest BCUT2D eigenvalue weighted by Crippen LogP contribution is -2.24. The first-order valence-corrected chi connectivity index (χ1v) is 12.7. The number of benzene rings is 2. The fraction of sp³-hybridized carbons (Fsp3) is 0.462. The van der Waals surface area contributed by atoms with Gasteiger partial charge in [0.25, 0.3) is 22.5 Å². The van der Waals surface area contributed by atoms with Gasteiger partial charge in [-0.05, 0) is 55.3 Å². The van der Waals surface area contributed by atoms with Crippen molar-refractivity contribution in [3.05, 3.63) is 79.9 Å². The third-order valence-corrected chi connectivity index (χ3v) is 5.24. The minimum absolute atomic E-state index is 0.00510. The van der Waals surface area contributed by atoms with Crippen LogP contribution in [0.5, 0.6) is 0 Å². The van der Waals surface area contributed by atoms with E-state index in [1.165, 1.54) is 80.6 Å². The van der Waals surface area contributed by atoms with Crippen molar-refractivity contribution >= 4 is 34.1 Å². The second-order valence-electron chi connectivity index (χ2n) is 8.05. The molecule has 11 heteroatoms. The van der Waals surface area contributed by atoms with Crippen LogP contribution in [-0.4, -0.2) is 34.1 Å². The van der Waals surface area contributed by atoms with Gasteiger partial charge in [0, 0.05) is 41.9 Å². The Balaban J connectivity index is 0.000000586. The molecule has 0 saturated carbocycles. The molecule has 0 spiro atoms. The Labute approximate surface area is 222 Å². The molecule has 2 rings (SSSR count). The second-order valence-corrected chi connectivity index (χ2v) is 8.39. The molecule has 10 nitrogen and oxygen atoms in total. The summed E-state index contributed by atoms with van der Waals surface area (Å²) >= 11 is 5.13. The van der Waals surface area contributed by atoms with E-state index in [2.05, 4.69) is 19.2 Å². The number of halogens is 1. The predicted molar refractivity (Wildman–Crippen MR) is 146 cm³/mol. The molecule has 0 atom stereocenters. The number of nitrogens with two attached hydrogens (primary N) is 1. The highest BCUT2D eigenvalue weighted by Crippen LogP contribution is 2.13. The van der Waals surface area contributed by atoms with Crippen molar-refractivity contribution in [2.24, 2.45) is 5.73 Å². The average molecular weight is 537 g/mol. The van der Waals surface area contributed by atoms with Gasteiger partial charge in [0.05, 0.1) is 9.85 Å². The molecule has 0 aromatic heterocycles. The fourth-order valence-corrected chi connectivity index (χ4v) is 3.00. The van der Waals surface area contributed by atoms with Crippen LogP contribution in [0.1, 0.15) is 85.9 Å². The van der Waals surface area contributed by atoms with Gasteiger partial charge in [-0.2, -0.15) is 0 Å². The predicted octanol–water partition coefficient (Wildman–Crippen LogP) is 6.40. The smallest absolute Gasteiger partial charge is 0.269 e. The fourth-order valence-electron chi connectivity index (χ4n) is 2.88. The summed E-state index contributed by atoms with van der Waals surface area (Å²) in [5, 5.41) is 22.8. The Bertz CT molecular complexity index is 916. The number of hydrogen-bond donors (Lipinski definition) is 2. The number of rotatable bonds is 13. The number of carbonyl (C=O) groups excluding carboxylic acids is 2. The van der Waals surface area contributed by atoms with Gasteiger partial charge in [0.2, 0.25) is 0 Å². The Hall–Kier alpha value is -3.37. The molecule has 0 aliphatic heterocycles. The maximum atomic E-state index is 11.7. The maximum Gasteiger partial charge on any atom is 0.269 e. The molecule has 37 heavy (non-hydrogen) atoms. The van der Waals surface area contributed by atoms with Gasteiger partial charge in [-0.3, -0.25) is 29.8 Å². The Kier molecular flexibility index (Phi) is 18.9. The molecule has 204 valence electrons. The lowest BCUT2D eigenvalue weighted by atomic mass is 10.2. The number of hydrogen-bond acceptors (Lipinski definition) is 7. The Morgan fingerprint density at radius 2 is 1.19 bits per heavy atom. The monoisotopic (exact) mass is 536 g/mol. The lowest BCUT2D eigenvalue weighted by Gasteiger charge is -2.04. The third-order valence-electron chi connectivity index (χ3n) is 5.02. The average Bonchev–Trinajstić information content (AvgIpc) is 2.89. The summed E-state index contributed by atoms with van der Waals surface area (Å²) in [5.74, 6) is -0.179. The third kappa shape index (κ3) is 16.1. The summed E-state index contributed by atoms with van der Waals surface area (Å²) in [6, 6.07) is 10.7. The van der Waals surface area contributed by atoms with E-state index in [4.69, 9.17) is 17.3 Å². The molecule has 0 fully saturated rings. The van der Waals surface area contributed by atoms with Crippen molar-refractivity contribution < 1.29 is 19.4 Å². The van der Waals surface area contributed by atoms with Crippen molar-refractivity contribution in [2.45, 2.75) is 65.2 Å². The number of carbonyl (C=O) groups is 2. The summed E-state index contributed by atoms with van der Waals surface area (Å²) in [7, 11) is 0. The summed E-state index contributed by atoms with van der Waals surface area (Å²) < 4.78 is 0. The molecule has 3 N–H and O–H groups in total. The molecule has 0 radical (unpaired) electrons. The van der Waals surface area contributed by atoms with Gasteiger partial charge in [-0.1, -0.05) is 52.4 Å². The zero-order valence-corrected chi connectivity index (χ0v) is 22.2. The largest absolute Gasteiger partial charge is 0.352 e. The highest BCUT2D eigenvalue weighted by molar-refractivity contribution is 6.67. The molecule has 0 aliphatic carbocycles.